The van der Waals surface area contributed by atoms with Crippen LogP contribution in [-0.4, -0.2) is 27.5 Å². The van der Waals surface area contributed by atoms with Crippen molar-refractivity contribution in [2.75, 3.05) is 18.8 Å². The Kier molecular flexibility index (Phi) is 4.19. The van der Waals surface area contributed by atoms with Crippen molar-refractivity contribution in [2.45, 2.75) is 32.7 Å². The predicted molar refractivity (Wildman–Crippen MR) is 86.5 cm³/mol. The average molecular weight is 297 g/mol. The second kappa shape index (κ2) is 6.27. The minimum absolute atomic E-state index is 0.222. The first-order chi connectivity index (χ1) is 10.7. The summed E-state index contributed by atoms with van der Waals surface area (Å²) in [6.07, 6.45) is 11.3. The molecule has 3 rings (SSSR count). The summed E-state index contributed by atoms with van der Waals surface area (Å²) in [6.45, 7) is 4.98. The van der Waals surface area contributed by atoms with Crippen LogP contribution in [0.3, 0.4) is 0 Å². The maximum atomic E-state index is 9.07. The first kappa shape index (κ1) is 14.7. The fourth-order valence-corrected chi connectivity index (χ4v) is 3.38. The van der Waals surface area contributed by atoms with Gasteiger partial charge >= 0.3 is 0 Å². The van der Waals surface area contributed by atoms with Crippen molar-refractivity contribution in [3.8, 4) is 6.07 Å². The number of allylic oxidation sites excluding steroid dienone is 4. The number of likely N-dealkylation sites (tertiary alicyclic amines) is 1. The third-order valence-electron chi connectivity index (χ3n) is 4.73. The van der Waals surface area contributed by atoms with Gasteiger partial charge in [-0.05, 0) is 32.3 Å². The van der Waals surface area contributed by atoms with Crippen LogP contribution in [0.5, 0.6) is 0 Å². The number of imidazole rings is 1. The average Bonchev–Trinajstić information content (AvgIpc) is 2.94. The van der Waals surface area contributed by atoms with Crippen LogP contribution in [0.2, 0.25) is 0 Å². The van der Waals surface area contributed by atoms with Crippen LogP contribution >= 0.6 is 0 Å². The third kappa shape index (κ3) is 3.01. The summed E-state index contributed by atoms with van der Waals surface area (Å²) in [5.74, 6) is 1.23. The normalized spacial score (nSPS) is 22.9. The second-order valence-corrected chi connectivity index (χ2v) is 6.28. The SMILES string of the molecule is CC1=CCC(Cn2ccnc2N)C(N2CCC(C#N)CC2)=C1. The quantitative estimate of drug-likeness (QED) is 0.930. The summed E-state index contributed by atoms with van der Waals surface area (Å²) in [4.78, 5) is 6.57. The highest BCUT2D eigenvalue weighted by molar-refractivity contribution is 5.29. The standard InChI is InChI=1S/C17H23N5/c1-13-2-3-15(12-22-9-6-20-17(22)19)16(10-13)21-7-4-14(11-18)5-8-21/h2,6,9-10,14-15H,3-5,7-8,12H2,1H3,(H2,19,20). The van der Waals surface area contributed by atoms with Gasteiger partial charge in [-0.25, -0.2) is 4.98 Å². The van der Waals surface area contributed by atoms with Crippen LogP contribution in [0.4, 0.5) is 5.95 Å². The smallest absolute Gasteiger partial charge is 0.200 e. The highest BCUT2D eigenvalue weighted by atomic mass is 15.2. The van der Waals surface area contributed by atoms with Crippen LogP contribution in [0.25, 0.3) is 0 Å². The minimum Gasteiger partial charge on any atom is -0.374 e. The number of nitrogens with two attached hydrogens (primary N) is 1. The number of nitriles is 1. The Hall–Kier alpha value is -2.22. The van der Waals surface area contributed by atoms with E-state index in [1.54, 1.807) is 6.20 Å². The first-order valence-electron chi connectivity index (χ1n) is 7.97. The largest absolute Gasteiger partial charge is 0.374 e. The van der Waals surface area contributed by atoms with E-state index < -0.39 is 0 Å². The van der Waals surface area contributed by atoms with Crippen molar-refractivity contribution in [2.24, 2.45) is 11.8 Å². The van der Waals surface area contributed by atoms with Gasteiger partial charge in [0, 0.05) is 49.6 Å². The Morgan fingerprint density at radius 3 is 2.82 bits per heavy atom. The van der Waals surface area contributed by atoms with Crippen molar-refractivity contribution < 1.29 is 0 Å². The van der Waals surface area contributed by atoms with Crippen molar-refractivity contribution in [1.82, 2.24) is 14.5 Å². The van der Waals surface area contributed by atoms with Gasteiger partial charge in [0.05, 0.1) is 6.07 Å². The predicted octanol–water partition coefficient (Wildman–Crippen LogP) is 2.55. The number of rotatable bonds is 3. The molecule has 2 heterocycles. The fourth-order valence-electron chi connectivity index (χ4n) is 3.38. The zero-order chi connectivity index (χ0) is 15.5. The Labute approximate surface area is 131 Å². The Morgan fingerprint density at radius 1 is 1.41 bits per heavy atom. The first-order valence-corrected chi connectivity index (χ1v) is 7.97. The summed E-state index contributed by atoms with van der Waals surface area (Å²) in [5, 5.41) is 9.07. The van der Waals surface area contributed by atoms with E-state index in [-0.39, 0.29) is 5.92 Å². The lowest BCUT2D eigenvalue weighted by Crippen LogP contribution is -2.37. The van der Waals surface area contributed by atoms with E-state index in [4.69, 9.17) is 11.0 Å². The molecular weight excluding hydrogens is 274 g/mol. The highest BCUT2D eigenvalue weighted by Crippen LogP contribution is 2.31. The van der Waals surface area contributed by atoms with Gasteiger partial charge < -0.3 is 15.2 Å². The van der Waals surface area contributed by atoms with Crippen LogP contribution in [0.1, 0.15) is 26.2 Å². The van der Waals surface area contributed by atoms with E-state index in [1.807, 2.05) is 10.8 Å². The van der Waals surface area contributed by atoms with Gasteiger partial charge in [0.2, 0.25) is 0 Å². The molecule has 1 saturated heterocycles. The number of anilines is 1. The van der Waals surface area contributed by atoms with Crippen molar-refractivity contribution in [3.05, 3.63) is 35.8 Å². The Bertz CT molecular complexity index is 626. The van der Waals surface area contributed by atoms with E-state index in [0.29, 0.717) is 11.9 Å². The van der Waals surface area contributed by atoms with Crippen molar-refractivity contribution in [3.63, 3.8) is 0 Å². The molecule has 0 saturated carbocycles. The molecule has 1 aliphatic carbocycles. The van der Waals surface area contributed by atoms with Gasteiger partial charge in [0.15, 0.2) is 5.95 Å². The van der Waals surface area contributed by atoms with E-state index in [9.17, 15) is 0 Å². The molecule has 0 spiro atoms. The summed E-state index contributed by atoms with van der Waals surface area (Å²) < 4.78 is 2.02. The van der Waals surface area contributed by atoms with Gasteiger partial charge in [0.25, 0.3) is 0 Å². The molecule has 2 N–H and O–H groups in total. The topological polar surface area (TPSA) is 70.9 Å². The number of aromatic nitrogens is 2. The fraction of sp³-hybridized carbons (Fsp3) is 0.529. The lowest BCUT2D eigenvalue weighted by Gasteiger charge is -2.38. The van der Waals surface area contributed by atoms with E-state index in [0.717, 1.165) is 38.9 Å². The third-order valence-corrected chi connectivity index (χ3v) is 4.73. The van der Waals surface area contributed by atoms with E-state index >= 15 is 0 Å². The molecule has 22 heavy (non-hydrogen) atoms. The summed E-state index contributed by atoms with van der Waals surface area (Å²) >= 11 is 0. The molecule has 0 amide bonds. The van der Waals surface area contributed by atoms with Gasteiger partial charge in [-0.3, -0.25) is 0 Å². The van der Waals surface area contributed by atoms with Gasteiger partial charge in [-0.15, -0.1) is 0 Å². The molecule has 0 bridgehead atoms. The molecule has 2 aliphatic rings. The van der Waals surface area contributed by atoms with Gasteiger partial charge in [-0.2, -0.15) is 5.26 Å². The Morgan fingerprint density at radius 2 is 2.18 bits per heavy atom. The molecule has 0 radical (unpaired) electrons. The number of nitrogen functional groups attached to an aromatic ring is 1. The molecule has 1 aromatic heterocycles. The van der Waals surface area contributed by atoms with Crippen LogP contribution in [0.15, 0.2) is 35.8 Å². The minimum atomic E-state index is 0.222. The van der Waals surface area contributed by atoms with Gasteiger partial charge in [-0.1, -0.05) is 11.6 Å². The molecule has 5 nitrogen and oxygen atoms in total. The molecule has 1 fully saturated rings. The molecule has 1 aliphatic heterocycles. The molecular formula is C17H23N5. The zero-order valence-corrected chi connectivity index (χ0v) is 13.1. The number of hydrogen-bond donors (Lipinski definition) is 1. The van der Waals surface area contributed by atoms with Crippen LogP contribution in [0, 0.1) is 23.2 Å². The van der Waals surface area contributed by atoms with Crippen LogP contribution < -0.4 is 5.73 Å². The molecule has 0 aromatic carbocycles. The Balaban J connectivity index is 1.75. The molecule has 5 heteroatoms. The van der Waals surface area contributed by atoms with E-state index in [2.05, 4.69) is 35.0 Å². The maximum absolute atomic E-state index is 9.07. The van der Waals surface area contributed by atoms with Crippen molar-refractivity contribution >= 4 is 5.95 Å². The monoisotopic (exact) mass is 297 g/mol. The van der Waals surface area contributed by atoms with Gasteiger partial charge in [0.1, 0.15) is 0 Å². The zero-order valence-electron chi connectivity index (χ0n) is 13.1. The van der Waals surface area contributed by atoms with Crippen LogP contribution in [-0.2, 0) is 6.54 Å². The summed E-state index contributed by atoms with van der Waals surface area (Å²) in [6, 6.07) is 2.40. The lowest BCUT2D eigenvalue weighted by molar-refractivity contribution is 0.223. The number of piperidine rings is 1. The lowest BCUT2D eigenvalue weighted by atomic mass is 9.90. The van der Waals surface area contributed by atoms with E-state index in [1.165, 1.54) is 11.3 Å². The molecule has 1 unspecified atom stereocenters. The second-order valence-electron chi connectivity index (χ2n) is 6.28. The molecule has 1 aromatic rings. The summed E-state index contributed by atoms with van der Waals surface area (Å²) in [7, 11) is 0. The number of nitrogens with zero attached hydrogens (tertiary/aromatic N) is 4. The highest BCUT2D eigenvalue weighted by Gasteiger charge is 2.26. The molecule has 116 valence electrons. The number of hydrogen-bond acceptors (Lipinski definition) is 4. The maximum Gasteiger partial charge on any atom is 0.200 e. The van der Waals surface area contributed by atoms with Crippen molar-refractivity contribution in [1.29, 1.82) is 5.26 Å². The summed E-state index contributed by atoms with van der Waals surface area (Å²) in [5.41, 5.74) is 8.63. The molecule has 1 atom stereocenters.